The molecule has 8 heteroatoms. The number of allylic oxidation sites excluding steroid dienone is 1. The standard InChI is InChI=1S/C28H24N4O4/c1-33-20-12-13-21(23(14-20)34-2)24-22(15-29)27(30)36-28-25(24)26(31-32-28)18-8-10-19(11-9-18)35-16-17-6-4-3-5-7-17/h3-14,24H,16,30H2,1-2H3,(H,31,32)/t24-/m0/s1. The van der Waals surface area contributed by atoms with Crippen LogP contribution in [0.1, 0.15) is 22.6 Å². The molecule has 0 saturated carbocycles. The van der Waals surface area contributed by atoms with Gasteiger partial charge in [0.05, 0.1) is 31.4 Å². The summed E-state index contributed by atoms with van der Waals surface area (Å²) in [5.41, 5.74) is 10.5. The Bertz CT molecular complexity index is 1450. The Morgan fingerprint density at radius 1 is 1.00 bits per heavy atom. The van der Waals surface area contributed by atoms with E-state index in [1.54, 1.807) is 20.3 Å². The number of nitrogens with zero attached hydrogens (tertiary/aromatic N) is 2. The number of aromatic amines is 1. The molecule has 4 aromatic rings. The van der Waals surface area contributed by atoms with Crippen molar-refractivity contribution in [1.29, 1.82) is 5.26 Å². The van der Waals surface area contributed by atoms with Crippen molar-refractivity contribution >= 4 is 0 Å². The summed E-state index contributed by atoms with van der Waals surface area (Å²) in [6.45, 7) is 0.475. The molecule has 180 valence electrons. The highest BCUT2D eigenvalue weighted by Gasteiger charge is 2.37. The number of aromatic nitrogens is 2. The summed E-state index contributed by atoms with van der Waals surface area (Å²) >= 11 is 0. The topological polar surface area (TPSA) is 115 Å². The Labute approximate surface area is 208 Å². The minimum atomic E-state index is -0.553. The number of ether oxygens (including phenoxy) is 4. The van der Waals surface area contributed by atoms with Crippen LogP contribution in [0.3, 0.4) is 0 Å². The normalized spacial score (nSPS) is 14.4. The lowest BCUT2D eigenvalue weighted by molar-refractivity contribution is 0.306. The number of hydrogen-bond acceptors (Lipinski definition) is 7. The second-order valence-electron chi connectivity index (χ2n) is 8.15. The number of nitrogens with one attached hydrogen (secondary N) is 1. The smallest absolute Gasteiger partial charge is 0.244 e. The van der Waals surface area contributed by atoms with Gasteiger partial charge in [-0.1, -0.05) is 36.4 Å². The first-order valence-corrected chi connectivity index (χ1v) is 11.3. The van der Waals surface area contributed by atoms with E-state index in [0.29, 0.717) is 35.2 Å². The zero-order valence-corrected chi connectivity index (χ0v) is 19.8. The van der Waals surface area contributed by atoms with Crippen LogP contribution in [0.15, 0.2) is 84.3 Å². The summed E-state index contributed by atoms with van der Waals surface area (Å²) in [4.78, 5) is 0. The van der Waals surface area contributed by atoms with E-state index in [4.69, 9.17) is 24.7 Å². The number of nitrogens with two attached hydrogens (primary N) is 1. The third kappa shape index (κ3) is 4.18. The van der Waals surface area contributed by atoms with E-state index in [0.717, 1.165) is 22.4 Å². The fourth-order valence-electron chi connectivity index (χ4n) is 4.29. The van der Waals surface area contributed by atoms with Gasteiger partial charge in [0.25, 0.3) is 0 Å². The van der Waals surface area contributed by atoms with Crippen LogP contribution in [0, 0.1) is 11.3 Å². The predicted octanol–water partition coefficient (Wildman–Crippen LogP) is 4.89. The summed E-state index contributed by atoms with van der Waals surface area (Å²) in [6, 6.07) is 25.3. The molecule has 1 aliphatic heterocycles. The monoisotopic (exact) mass is 480 g/mol. The third-order valence-corrected chi connectivity index (χ3v) is 6.08. The van der Waals surface area contributed by atoms with Crippen LogP contribution < -0.4 is 24.7 Å². The van der Waals surface area contributed by atoms with Gasteiger partial charge in [-0.25, -0.2) is 0 Å². The summed E-state index contributed by atoms with van der Waals surface area (Å²) in [7, 11) is 3.16. The molecule has 1 atom stereocenters. The van der Waals surface area contributed by atoms with E-state index in [1.807, 2.05) is 66.7 Å². The van der Waals surface area contributed by atoms with Crippen LogP contribution in [0.5, 0.6) is 23.1 Å². The Kier molecular flexibility index (Phi) is 6.20. The van der Waals surface area contributed by atoms with Gasteiger partial charge in [-0.3, -0.25) is 5.10 Å². The van der Waals surface area contributed by atoms with E-state index >= 15 is 0 Å². The third-order valence-electron chi connectivity index (χ3n) is 6.08. The van der Waals surface area contributed by atoms with Crippen molar-refractivity contribution in [2.75, 3.05) is 14.2 Å². The largest absolute Gasteiger partial charge is 0.497 e. The first-order chi connectivity index (χ1) is 17.6. The van der Waals surface area contributed by atoms with Gasteiger partial charge in [0.1, 0.15) is 35.5 Å². The Balaban J connectivity index is 1.52. The number of fused-ring (bicyclic) bond motifs is 1. The van der Waals surface area contributed by atoms with Crippen molar-refractivity contribution < 1.29 is 18.9 Å². The molecule has 0 saturated heterocycles. The van der Waals surface area contributed by atoms with Gasteiger partial charge in [0.15, 0.2) is 0 Å². The zero-order chi connectivity index (χ0) is 25.1. The number of hydrogen-bond donors (Lipinski definition) is 2. The second-order valence-corrected chi connectivity index (χ2v) is 8.15. The molecule has 2 heterocycles. The number of methoxy groups -OCH3 is 2. The first-order valence-electron chi connectivity index (χ1n) is 11.3. The number of rotatable bonds is 7. The van der Waals surface area contributed by atoms with E-state index in [1.165, 1.54) is 0 Å². The van der Waals surface area contributed by atoms with E-state index in [9.17, 15) is 5.26 Å². The molecule has 1 aliphatic rings. The Morgan fingerprint density at radius 2 is 1.75 bits per heavy atom. The average Bonchev–Trinajstić information content (AvgIpc) is 3.35. The highest BCUT2D eigenvalue weighted by molar-refractivity contribution is 5.72. The minimum absolute atomic E-state index is 0.00980. The van der Waals surface area contributed by atoms with Crippen LogP contribution in [0.25, 0.3) is 11.3 Å². The van der Waals surface area contributed by atoms with Crippen molar-refractivity contribution in [1.82, 2.24) is 10.2 Å². The van der Waals surface area contributed by atoms with Crippen molar-refractivity contribution in [2.45, 2.75) is 12.5 Å². The molecule has 0 radical (unpaired) electrons. The van der Waals surface area contributed by atoms with Gasteiger partial charge < -0.3 is 24.7 Å². The van der Waals surface area contributed by atoms with Crippen molar-refractivity contribution in [2.24, 2.45) is 5.73 Å². The zero-order valence-electron chi connectivity index (χ0n) is 19.8. The lowest BCUT2D eigenvalue weighted by Gasteiger charge is -2.25. The van der Waals surface area contributed by atoms with Gasteiger partial charge in [-0.05, 0) is 35.9 Å². The molecule has 0 unspecified atom stereocenters. The van der Waals surface area contributed by atoms with Crippen LogP contribution >= 0.6 is 0 Å². The molecule has 0 bridgehead atoms. The van der Waals surface area contributed by atoms with Gasteiger partial charge in [0.2, 0.25) is 11.8 Å². The summed E-state index contributed by atoms with van der Waals surface area (Å²) in [5, 5.41) is 17.4. The molecule has 0 spiro atoms. The van der Waals surface area contributed by atoms with Gasteiger partial charge in [-0.2, -0.15) is 5.26 Å². The molecule has 1 aromatic heterocycles. The molecule has 0 amide bonds. The minimum Gasteiger partial charge on any atom is -0.497 e. The molecule has 8 nitrogen and oxygen atoms in total. The molecular weight excluding hydrogens is 456 g/mol. The van der Waals surface area contributed by atoms with Crippen LogP contribution in [0.4, 0.5) is 0 Å². The molecule has 36 heavy (non-hydrogen) atoms. The summed E-state index contributed by atoms with van der Waals surface area (Å²) < 4.78 is 22.6. The van der Waals surface area contributed by atoms with Gasteiger partial charge in [-0.15, -0.1) is 5.10 Å². The maximum atomic E-state index is 9.99. The molecule has 0 fully saturated rings. The molecule has 5 rings (SSSR count). The highest BCUT2D eigenvalue weighted by atomic mass is 16.5. The highest BCUT2D eigenvalue weighted by Crippen LogP contribution is 2.48. The molecule has 3 N–H and O–H groups in total. The molecule has 0 aliphatic carbocycles. The SMILES string of the molecule is COc1ccc([C@H]2C(C#N)=C(N)Oc3n[nH]c(-c4ccc(OCc5ccccc5)cc4)c32)c(OC)c1. The van der Waals surface area contributed by atoms with Crippen LogP contribution in [0.2, 0.25) is 0 Å². The van der Waals surface area contributed by atoms with E-state index in [2.05, 4.69) is 16.3 Å². The number of H-pyrrole nitrogens is 1. The fraction of sp³-hybridized carbons (Fsp3) is 0.143. The van der Waals surface area contributed by atoms with Gasteiger partial charge >= 0.3 is 0 Å². The Hall–Kier alpha value is -4.90. The predicted molar refractivity (Wildman–Crippen MR) is 134 cm³/mol. The van der Waals surface area contributed by atoms with E-state index < -0.39 is 5.92 Å². The fourth-order valence-corrected chi connectivity index (χ4v) is 4.29. The van der Waals surface area contributed by atoms with Crippen molar-refractivity contribution in [3.8, 4) is 40.5 Å². The van der Waals surface area contributed by atoms with Gasteiger partial charge in [0, 0.05) is 17.2 Å². The number of benzene rings is 3. The average molecular weight is 481 g/mol. The van der Waals surface area contributed by atoms with Crippen LogP contribution in [-0.4, -0.2) is 24.4 Å². The Morgan fingerprint density at radius 3 is 2.44 bits per heavy atom. The maximum absolute atomic E-state index is 9.99. The van der Waals surface area contributed by atoms with Crippen LogP contribution in [-0.2, 0) is 6.61 Å². The van der Waals surface area contributed by atoms with Crippen molar-refractivity contribution in [3.05, 3.63) is 101 Å². The summed E-state index contributed by atoms with van der Waals surface area (Å²) in [6.07, 6.45) is 0. The number of nitriles is 1. The lowest BCUT2D eigenvalue weighted by Crippen LogP contribution is -2.21. The lowest BCUT2D eigenvalue weighted by atomic mass is 9.82. The maximum Gasteiger partial charge on any atom is 0.244 e. The molecular formula is C28H24N4O4. The quantitative estimate of drug-likeness (QED) is 0.387. The van der Waals surface area contributed by atoms with Crippen molar-refractivity contribution in [3.63, 3.8) is 0 Å². The first kappa shape index (κ1) is 22.9. The second kappa shape index (κ2) is 9.76. The van der Waals surface area contributed by atoms with E-state index in [-0.39, 0.29) is 11.5 Å². The summed E-state index contributed by atoms with van der Waals surface area (Å²) in [5.74, 6) is 1.70. The molecule has 3 aromatic carbocycles.